The van der Waals surface area contributed by atoms with Crippen molar-refractivity contribution in [1.82, 2.24) is 0 Å². The van der Waals surface area contributed by atoms with Crippen molar-refractivity contribution in [3.8, 4) is 11.3 Å². The van der Waals surface area contributed by atoms with Crippen LogP contribution in [0.25, 0.3) is 22.3 Å². The molecule has 0 bridgehead atoms. The van der Waals surface area contributed by atoms with Gasteiger partial charge in [-0.2, -0.15) is 0 Å². The molecule has 0 amide bonds. The van der Waals surface area contributed by atoms with E-state index in [-0.39, 0.29) is 0 Å². The second-order valence-electron chi connectivity index (χ2n) is 4.06. The van der Waals surface area contributed by atoms with Gasteiger partial charge in [0.25, 0.3) is 0 Å². The van der Waals surface area contributed by atoms with E-state index in [0.717, 1.165) is 11.3 Å². The molecule has 2 aromatic carbocycles. The van der Waals surface area contributed by atoms with Crippen LogP contribution in [0.1, 0.15) is 6.92 Å². The monoisotopic (exact) mass is 302 g/mol. The number of fused-ring (bicyclic) bond motifs is 1. The first-order valence-corrected chi connectivity index (χ1v) is 8.16. The topological polar surface area (TPSA) is 13.1 Å². The van der Waals surface area contributed by atoms with Crippen LogP contribution in [0.15, 0.2) is 59.0 Å². The number of benzene rings is 2. The summed E-state index contributed by atoms with van der Waals surface area (Å²) < 4.78 is 7.45. The molecule has 0 radical (unpaired) electrons. The second kappa shape index (κ2) is 5.01. The Morgan fingerprint density at radius 3 is 2.44 bits per heavy atom. The molecular formula is C16H14OSe. The molecule has 0 aliphatic carbocycles. The van der Waals surface area contributed by atoms with Gasteiger partial charge in [0.2, 0.25) is 0 Å². The molecule has 0 aliphatic rings. The van der Waals surface area contributed by atoms with Crippen LogP contribution >= 0.6 is 0 Å². The average Bonchev–Trinajstić information content (AvgIpc) is 2.80. The van der Waals surface area contributed by atoms with Gasteiger partial charge in [-0.05, 0) is 0 Å². The van der Waals surface area contributed by atoms with E-state index in [1.807, 2.05) is 12.1 Å². The Morgan fingerprint density at radius 1 is 0.944 bits per heavy atom. The fraction of sp³-hybridized carbons (Fsp3) is 0.125. The normalized spacial score (nSPS) is 10.9. The molecular weight excluding hydrogens is 287 g/mol. The summed E-state index contributed by atoms with van der Waals surface area (Å²) in [6.45, 7) is 2.23. The van der Waals surface area contributed by atoms with Gasteiger partial charge in [0, 0.05) is 0 Å². The molecule has 1 heterocycles. The van der Waals surface area contributed by atoms with Crippen molar-refractivity contribution in [3.63, 3.8) is 0 Å². The zero-order valence-electron chi connectivity index (χ0n) is 10.2. The molecule has 18 heavy (non-hydrogen) atoms. The summed E-state index contributed by atoms with van der Waals surface area (Å²) in [4.78, 5) is 0. The molecule has 0 N–H and O–H groups in total. The molecule has 3 rings (SSSR count). The zero-order valence-corrected chi connectivity index (χ0v) is 11.9. The van der Waals surface area contributed by atoms with Gasteiger partial charge in [0.15, 0.2) is 0 Å². The molecule has 0 atom stereocenters. The maximum atomic E-state index is 6.05. The third-order valence-electron chi connectivity index (χ3n) is 2.87. The Labute approximate surface area is 113 Å². The Hall–Kier alpha value is -1.50. The number of rotatable bonds is 3. The van der Waals surface area contributed by atoms with Crippen LogP contribution in [0.5, 0.6) is 0 Å². The van der Waals surface area contributed by atoms with Gasteiger partial charge in [0.05, 0.1) is 0 Å². The van der Waals surface area contributed by atoms with Gasteiger partial charge in [-0.1, -0.05) is 0 Å². The van der Waals surface area contributed by atoms with Crippen LogP contribution in [0.2, 0.25) is 5.32 Å². The van der Waals surface area contributed by atoms with Crippen LogP contribution in [-0.4, -0.2) is 15.0 Å². The van der Waals surface area contributed by atoms with Crippen molar-refractivity contribution < 1.29 is 4.42 Å². The standard InChI is InChI=1S/C16H14OSe/c1-2-18-16-13-10-6-7-11-14(13)17-15(16)12-8-4-3-5-9-12/h3-11H,2H2,1H3. The van der Waals surface area contributed by atoms with Crippen LogP contribution < -0.4 is 4.46 Å². The van der Waals surface area contributed by atoms with E-state index in [1.165, 1.54) is 20.7 Å². The molecule has 0 fully saturated rings. The van der Waals surface area contributed by atoms with Crippen molar-refractivity contribution in [3.05, 3.63) is 54.6 Å². The first-order valence-electron chi connectivity index (χ1n) is 6.10. The van der Waals surface area contributed by atoms with E-state index in [1.54, 1.807) is 0 Å². The quantitative estimate of drug-likeness (QED) is 0.669. The first-order chi connectivity index (χ1) is 8.90. The number of para-hydroxylation sites is 1. The Bertz CT molecular complexity index is 655. The van der Waals surface area contributed by atoms with Crippen LogP contribution in [0.4, 0.5) is 0 Å². The summed E-state index contributed by atoms with van der Waals surface area (Å²) >= 11 is 0.470. The van der Waals surface area contributed by atoms with Crippen molar-refractivity contribution in [2.45, 2.75) is 12.2 Å². The minimum absolute atomic E-state index is 0.470. The second-order valence-corrected chi connectivity index (χ2v) is 6.73. The number of hydrogen-bond donors (Lipinski definition) is 0. The summed E-state index contributed by atoms with van der Waals surface area (Å²) in [7, 11) is 0. The van der Waals surface area contributed by atoms with E-state index in [0.29, 0.717) is 15.0 Å². The summed E-state index contributed by atoms with van der Waals surface area (Å²) in [6, 6.07) is 18.7. The van der Waals surface area contributed by atoms with Gasteiger partial charge >= 0.3 is 113 Å². The zero-order chi connectivity index (χ0) is 12.4. The SMILES string of the molecule is CC[Se]c1c(-c2ccccc2)oc2ccccc12. The first kappa shape index (κ1) is 11.6. The summed E-state index contributed by atoms with van der Waals surface area (Å²) in [5, 5.41) is 2.47. The summed E-state index contributed by atoms with van der Waals surface area (Å²) in [5.41, 5.74) is 2.18. The molecule has 2 heteroatoms. The fourth-order valence-corrected chi connectivity index (χ4v) is 3.98. The van der Waals surface area contributed by atoms with Crippen molar-refractivity contribution in [2.24, 2.45) is 0 Å². The van der Waals surface area contributed by atoms with Crippen LogP contribution in [-0.2, 0) is 0 Å². The van der Waals surface area contributed by atoms with E-state index in [4.69, 9.17) is 4.42 Å². The molecule has 3 aromatic rings. The summed E-state index contributed by atoms with van der Waals surface area (Å²) in [5.74, 6) is 1.05. The predicted molar refractivity (Wildman–Crippen MR) is 77.5 cm³/mol. The Kier molecular flexibility index (Phi) is 3.22. The third kappa shape index (κ3) is 1.98. The van der Waals surface area contributed by atoms with Gasteiger partial charge < -0.3 is 0 Å². The van der Waals surface area contributed by atoms with Gasteiger partial charge in [-0.15, -0.1) is 0 Å². The number of hydrogen-bond acceptors (Lipinski definition) is 1. The molecule has 90 valence electrons. The molecule has 1 nitrogen and oxygen atoms in total. The fourth-order valence-electron chi connectivity index (χ4n) is 2.09. The van der Waals surface area contributed by atoms with Gasteiger partial charge in [-0.3, -0.25) is 0 Å². The van der Waals surface area contributed by atoms with Gasteiger partial charge in [-0.25, -0.2) is 0 Å². The third-order valence-corrected chi connectivity index (χ3v) is 4.94. The number of furan rings is 1. The molecule has 0 saturated carbocycles. The van der Waals surface area contributed by atoms with Crippen molar-refractivity contribution in [2.75, 3.05) is 0 Å². The predicted octanol–water partition coefficient (Wildman–Crippen LogP) is 3.87. The Balaban J connectivity index is 2.25. The maximum absolute atomic E-state index is 6.05. The summed E-state index contributed by atoms with van der Waals surface area (Å²) in [6.07, 6.45) is 0. The van der Waals surface area contributed by atoms with E-state index in [9.17, 15) is 0 Å². The molecule has 0 unspecified atom stereocenters. The molecule has 0 saturated heterocycles. The van der Waals surface area contributed by atoms with Crippen molar-refractivity contribution in [1.29, 1.82) is 0 Å². The molecule has 1 aromatic heterocycles. The van der Waals surface area contributed by atoms with Gasteiger partial charge in [0.1, 0.15) is 0 Å². The van der Waals surface area contributed by atoms with Crippen molar-refractivity contribution >= 4 is 30.4 Å². The Morgan fingerprint density at radius 2 is 1.67 bits per heavy atom. The molecule has 0 spiro atoms. The average molecular weight is 301 g/mol. The van der Waals surface area contributed by atoms with Crippen LogP contribution in [0, 0.1) is 0 Å². The minimum atomic E-state index is 0.470. The van der Waals surface area contributed by atoms with E-state index in [2.05, 4.69) is 49.4 Å². The van der Waals surface area contributed by atoms with Crippen LogP contribution in [0.3, 0.4) is 0 Å². The van der Waals surface area contributed by atoms with E-state index >= 15 is 0 Å². The van der Waals surface area contributed by atoms with E-state index < -0.39 is 0 Å². The molecule has 0 aliphatic heterocycles.